The van der Waals surface area contributed by atoms with Gasteiger partial charge in [-0.25, -0.2) is 0 Å². The summed E-state index contributed by atoms with van der Waals surface area (Å²) in [6.45, 7) is 2.95. The van der Waals surface area contributed by atoms with Crippen molar-refractivity contribution in [2.45, 2.75) is 26.2 Å². The third-order valence-electron chi connectivity index (χ3n) is 2.00. The van der Waals surface area contributed by atoms with Gasteiger partial charge in [-0.2, -0.15) is 0 Å². The van der Waals surface area contributed by atoms with Crippen molar-refractivity contribution >= 4 is 47.8 Å². The van der Waals surface area contributed by atoms with Crippen LogP contribution in [0.25, 0.3) is 0 Å². The third kappa shape index (κ3) is 4.08. The standard InChI is InChI=1S/C11H13Br3O/c1-2-3-4-7-15-11-9(13)6-5-8(12)10(11)14/h5-6H,2-4,7H2,1H3. The first-order valence-corrected chi connectivity index (χ1v) is 7.31. The molecular weight excluding hydrogens is 388 g/mol. The molecule has 1 rings (SSSR count). The van der Waals surface area contributed by atoms with Gasteiger partial charge in [0.25, 0.3) is 0 Å². The Balaban J connectivity index is 2.63. The fraction of sp³-hybridized carbons (Fsp3) is 0.455. The maximum atomic E-state index is 5.73. The van der Waals surface area contributed by atoms with Crippen LogP contribution in [0.1, 0.15) is 26.2 Å². The molecule has 0 unspecified atom stereocenters. The van der Waals surface area contributed by atoms with Gasteiger partial charge in [-0.3, -0.25) is 0 Å². The Morgan fingerprint density at radius 2 is 1.73 bits per heavy atom. The second-order valence-electron chi connectivity index (χ2n) is 3.23. The van der Waals surface area contributed by atoms with E-state index >= 15 is 0 Å². The molecule has 1 aromatic carbocycles. The summed E-state index contributed by atoms with van der Waals surface area (Å²) in [4.78, 5) is 0. The van der Waals surface area contributed by atoms with Crippen LogP contribution in [0.5, 0.6) is 5.75 Å². The molecule has 0 amide bonds. The van der Waals surface area contributed by atoms with Crippen LogP contribution in [0, 0.1) is 0 Å². The van der Waals surface area contributed by atoms with Gasteiger partial charge < -0.3 is 4.74 Å². The summed E-state index contributed by atoms with van der Waals surface area (Å²) in [5.41, 5.74) is 0. The summed E-state index contributed by atoms with van der Waals surface area (Å²) in [6.07, 6.45) is 3.52. The molecule has 84 valence electrons. The molecular formula is C11H13Br3O. The summed E-state index contributed by atoms with van der Waals surface area (Å²) in [6, 6.07) is 3.96. The Hall–Kier alpha value is 0.460. The minimum Gasteiger partial charge on any atom is -0.491 e. The normalized spacial score (nSPS) is 10.4. The molecule has 0 radical (unpaired) electrons. The van der Waals surface area contributed by atoms with Gasteiger partial charge in [0.2, 0.25) is 0 Å². The van der Waals surface area contributed by atoms with E-state index in [1.54, 1.807) is 0 Å². The number of rotatable bonds is 5. The maximum Gasteiger partial charge on any atom is 0.148 e. The first kappa shape index (κ1) is 13.5. The molecule has 0 saturated heterocycles. The first-order chi connectivity index (χ1) is 7.16. The van der Waals surface area contributed by atoms with Crippen LogP contribution in [0.2, 0.25) is 0 Å². The first-order valence-electron chi connectivity index (χ1n) is 4.93. The Morgan fingerprint density at radius 1 is 1.07 bits per heavy atom. The fourth-order valence-corrected chi connectivity index (χ4v) is 2.65. The van der Waals surface area contributed by atoms with E-state index in [4.69, 9.17) is 4.74 Å². The van der Waals surface area contributed by atoms with Crippen LogP contribution in [-0.4, -0.2) is 6.61 Å². The van der Waals surface area contributed by atoms with E-state index < -0.39 is 0 Å². The Labute approximate surface area is 116 Å². The number of benzene rings is 1. The molecule has 0 bridgehead atoms. The van der Waals surface area contributed by atoms with E-state index in [0.717, 1.165) is 32.2 Å². The second-order valence-corrected chi connectivity index (χ2v) is 5.73. The van der Waals surface area contributed by atoms with Crippen LogP contribution in [-0.2, 0) is 0 Å². The van der Waals surface area contributed by atoms with Gasteiger partial charge in [0.1, 0.15) is 5.75 Å². The van der Waals surface area contributed by atoms with E-state index in [1.165, 1.54) is 12.8 Å². The minimum atomic E-state index is 0.765. The van der Waals surface area contributed by atoms with E-state index in [9.17, 15) is 0 Å². The van der Waals surface area contributed by atoms with Crippen LogP contribution >= 0.6 is 47.8 Å². The molecule has 0 aromatic heterocycles. The highest BCUT2D eigenvalue weighted by Gasteiger charge is 2.09. The molecule has 0 heterocycles. The van der Waals surface area contributed by atoms with Crippen molar-refractivity contribution in [3.63, 3.8) is 0 Å². The average Bonchev–Trinajstić information content (AvgIpc) is 2.23. The number of hydrogen-bond donors (Lipinski definition) is 0. The molecule has 0 N–H and O–H groups in total. The zero-order valence-electron chi connectivity index (χ0n) is 8.53. The number of halogens is 3. The highest BCUT2D eigenvalue weighted by Crippen LogP contribution is 2.38. The zero-order chi connectivity index (χ0) is 11.3. The molecule has 1 aromatic rings. The van der Waals surface area contributed by atoms with Crippen molar-refractivity contribution in [1.82, 2.24) is 0 Å². The Kier molecular flexibility index (Phi) is 6.24. The van der Waals surface area contributed by atoms with Gasteiger partial charge in [-0.15, -0.1) is 0 Å². The van der Waals surface area contributed by atoms with Crippen molar-refractivity contribution in [2.75, 3.05) is 6.61 Å². The molecule has 0 aliphatic heterocycles. The van der Waals surface area contributed by atoms with Gasteiger partial charge >= 0.3 is 0 Å². The predicted octanol–water partition coefficient (Wildman–Crippen LogP) is 5.54. The van der Waals surface area contributed by atoms with Crippen LogP contribution < -0.4 is 4.74 Å². The maximum absolute atomic E-state index is 5.73. The summed E-state index contributed by atoms with van der Waals surface area (Å²) >= 11 is 10.4. The van der Waals surface area contributed by atoms with Crippen molar-refractivity contribution in [2.24, 2.45) is 0 Å². The molecule has 1 nitrogen and oxygen atoms in total. The average molecular weight is 401 g/mol. The lowest BCUT2D eigenvalue weighted by Crippen LogP contribution is -1.98. The molecule has 4 heteroatoms. The highest BCUT2D eigenvalue weighted by molar-refractivity contribution is 9.13. The highest BCUT2D eigenvalue weighted by atomic mass is 79.9. The monoisotopic (exact) mass is 398 g/mol. The summed E-state index contributed by atoms with van der Waals surface area (Å²) in [5, 5.41) is 0. The largest absolute Gasteiger partial charge is 0.491 e. The SMILES string of the molecule is CCCCCOc1c(Br)ccc(Br)c1Br. The predicted molar refractivity (Wildman–Crippen MR) is 74.6 cm³/mol. The Bertz CT molecular complexity index is 326. The summed E-state index contributed by atoms with van der Waals surface area (Å²) in [5.74, 6) is 0.875. The Morgan fingerprint density at radius 3 is 2.40 bits per heavy atom. The van der Waals surface area contributed by atoms with Crippen molar-refractivity contribution in [3.05, 3.63) is 25.6 Å². The topological polar surface area (TPSA) is 9.23 Å². The van der Waals surface area contributed by atoms with E-state index in [-0.39, 0.29) is 0 Å². The quantitative estimate of drug-likeness (QED) is 0.465. The molecule has 0 saturated carbocycles. The smallest absolute Gasteiger partial charge is 0.148 e. The number of ether oxygens (including phenoxy) is 1. The van der Waals surface area contributed by atoms with Gasteiger partial charge in [0.15, 0.2) is 0 Å². The van der Waals surface area contributed by atoms with Gasteiger partial charge in [-0.1, -0.05) is 19.8 Å². The van der Waals surface area contributed by atoms with Crippen LogP contribution in [0.4, 0.5) is 0 Å². The molecule has 0 fully saturated rings. The molecule has 0 spiro atoms. The van der Waals surface area contributed by atoms with E-state index in [1.807, 2.05) is 12.1 Å². The molecule has 15 heavy (non-hydrogen) atoms. The third-order valence-corrected chi connectivity index (χ3v) is 4.60. The van der Waals surface area contributed by atoms with Gasteiger partial charge in [-0.05, 0) is 66.3 Å². The van der Waals surface area contributed by atoms with E-state index in [2.05, 4.69) is 54.7 Å². The summed E-state index contributed by atoms with van der Waals surface area (Å²) < 4.78 is 8.68. The number of unbranched alkanes of at least 4 members (excludes halogenated alkanes) is 2. The minimum absolute atomic E-state index is 0.765. The fourth-order valence-electron chi connectivity index (χ4n) is 1.17. The lowest BCUT2D eigenvalue weighted by molar-refractivity contribution is 0.302. The van der Waals surface area contributed by atoms with Gasteiger partial charge in [0, 0.05) is 4.47 Å². The lowest BCUT2D eigenvalue weighted by atomic mass is 10.3. The van der Waals surface area contributed by atoms with Gasteiger partial charge in [0.05, 0.1) is 15.6 Å². The molecule has 0 aliphatic rings. The van der Waals surface area contributed by atoms with Crippen LogP contribution in [0.3, 0.4) is 0 Å². The second kappa shape index (κ2) is 6.92. The molecule has 0 aliphatic carbocycles. The van der Waals surface area contributed by atoms with E-state index in [0.29, 0.717) is 0 Å². The number of hydrogen-bond acceptors (Lipinski definition) is 1. The van der Waals surface area contributed by atoms with Crippen molar-refractivity contribution in [3.8, 4) is 5.75 Å². The van der Waals surface area contributed by atoms with Crippen molar-refractivity contribution in [1.29, 1.82) is 0 Å². The summed E-state index contributed by atoms with van der Waals surface area (Å²) in [7, 11) is 0. The zero-order valence-corrected chi connectivity index (χ0v) is 13.3. The van der Waals surface area contributed by atoms with Crippen molar-refractivity contribution < 1.29 is 4.74 Å². The lowest BCUT2D eigenvalue weighted by Gasteiger charge is -2.10. The van der Waals surface area contributed by atoms with Crippen LogP contribution in [0.15, 0.2) is 25.6 Å². The molecule has 0 atom stereocenters.